The summed E-state index contributed by atoms with van der Waals surface area (Å²) < 4.78 is 0. The monoisotopic (exact) mass is 274 g/mol. The van der Waals surface area contributed by atoms with Crippen LogP contribution in [-0.2, 0) is 0 Å². The van der Waals surface area contributed by atoms with Gasteiger partial charge in [0.2, 0.25) is 0 Å². The Kier molecular flexibility index (Phi) is 4.14. The normalized spacial score (nSPS) is 23.8. The van der Waals surface area contributed by atoms with Crippen molar-refractivity contribution in [2.75, 3.05) is 26.2 Å². The van der Waals surface area contributed by atoms with Crippen molar-refractivity contribution in [2.24, 2.45) is 0 Å². The zero-order chi connectivity index (χ0) is 13.1. The number of benzene rings is 1. The van der Waals surface area contributed by atoms with Crippen LogP contribution in [0.5, 0.6) is 0 Å². The summed E-state index contributed by atoms with van der Waals surface area (Å²) in [6.07, 6.45) is 5.42. The molecular weight excluding hydrogens is 252 g/mol. The summed E-state index contributed by atoms with van der Waals surface area (Å²) in [7, 11) is 0. The Labute approximate surface area is 121 Å². The second-order valence-electron chi connectivity index (χ2n) is 5.69. The lowest BCUT2D eigenvalue weighted by Gasteiger charge is -2.31. The molecule has 2 heterocycles. The van der Waals surface area contributed by atoms with E-state index in [4.69, 9.17) is 12.2 Å². The average molecular weight is 274 g/mol. The number of hydrogen-bond acceptors (Lipinski definition) is 2. The highest BCUT2D eigenvalue weighted by molar-refractivity contribution is 7.80. The first-order valence-corrected chi connectivity index (χ1v) is 7.85. The molecule has 0 bridgehead atoms. The van der Waals surface area contributed by atoms with Gasteiger partial charge in [-0.05, 0) is 44.5 Å². The fourth-order valence-electron chi connectivity index (χ4n) is 3.26. The summed E-state index contributed by atoms with van der Waals surface area (Å²) in [6.45, 7) is 4.82. The molecule has 2 aliphatic heterocycles. The van der Waals surface area contributed by atoms with E-state index in [-0.39, 0.29) is 0 Å². The van der Waals surface area contributed by atoms with Gasteiger partial charge in [0, 0.05) is 18.0 Å². The number of thiocarbonyl (C=S) groups is 1. The van der Waals surface area contributed by atoms with Gasteiger partial charge >= 0.3 is 0 Å². The Balaban J connectivity index is 1.65. The van der Waals surface area contributed by atoms with Crippen LogP contribution in [0.2, 0.25) is 0 Å². The Morgan fingerprint density at radius 1 is 1.16 bits per heavy atom. The molecule has 1 aromatic rings. The summed E-state index contributed by atoms with van der Waals surface area (Å²) >= 11 is 5.40. The Hall–Kier alpha value is -0.930. The van der Waals surface area contributed by atoms with Crippen molar-refractivity contribution in [1.29, 1.82) is 0 Å². The van der Waals surface area contributed by atoms with E-state index in [9.17, 15) is 0 Å². The van der Waals surface area contributed by atoms with E-state index >= 15 is 0 Å². The maximum Gasteiger partial charge on any atom is 0.106 e. The maximum absolute atomic E-state index is 5.40. The zero-order valence-electron chi connectivity index (χ0n) is 11.4. The largest absolute Gasteiger partial charge is 0.375 e. The third kappa shape index (κ3) is 2.98. The van der Waals surface area contributed by atoms with Crippen molar-refractivity contribution < 1.29 is 0 Å². The minimum atomic E-state index is 0.616. The molecule has 3 rings (SSSR count). The van der Waals surface area contributed by atoms with Gasteiger partial charge < -0.3 is 10.2 Å². The van der Waals surface area contributed by atoms with Crippen LogP contribution in [0.4, 0.5) is 0 Å². The molecule has 1 atom stereocenters. The lowest BCUT2D eigenvalue weighted by Crippen LogP contribution is -2.37. The number of fused-ring (bicyclic) bond motifs is 1. The van der Waals surface area contributed by atoms with E-state index in [0.29, 0.717) is 5.92 Å². The quantitative estimate of drug-likeness (QED) is 0.853. The maximum atomic E-state index is 5.40. The molecule has 1 N–H and O–H groups in total. The van der Waals surface area contributed by atoms with Gasteiger partial charge in [0.05, 0.1) is 0 Å². The second-order valence-corrected chi connectivity index (χ2v) is 6.09. The van der Waals surface area contributed by atoms with E-state index in [1.165, 1.54) is 56.4 Å². The lowest BCUT2D eigenvalue weighted by atomic mass is 9.88. The Morgan fingerprint density at radius 2 is 1.95 bits per heavy atom. The average Bonchev–Trinajstić information content (AvgIpc) is 2.48. The summed E-state index contributed by atoms with van der Waals surface area (Å²) in [5.74, 6) is 0.616. The van der Waals surface area contributed by atoms with Crippen LogP contribution < -0.4 is 5.32 Å². The van der Waals surface area contributed by atoms with Gasteiger partial charge in [-0.1, -0.05) is 42.9 Å². The molecule has 0 amide bonds. The number of hydrogen-bond donors (Lipinski definition) is 1. The highest BCUT2D eigenvalue weighted by Gasteiger charge is 2.23. The topological polar surface area (TPSA) is 15.3 Å². The van der Waals surface area contributed by atoms with Crippen LogP contribution in [0.3, 0.4) is 0 Å². The third-order valence-electron chi connectivity index (χ3n) is 4.40. The number of nitrogens with zero attached hydrogens (tertiary/aromatic N) is 1. The molecule has 1 aromatic carbocycles. The van der Waals surface area contributed by atoms with Crippen LogP contribution in [0.25, 0.3) is 0 Å². The standard InChI is InChI=1S/C16H22N2S/c19-16-15-7-3-2-6-14(15)13(12-17-16)8-11-18-9-4-1-5-10-18/h2-3,6-7,13H,1,4-5,8-12H2,(H,17,19). The molecule has 1 unspecified atom stereocenters. The molecule has 102 valence electrons. The first-order valence-electron chi connectivity index (χ1n) is 7.44. The third-order valence-corrected chi connectivity index (χ3v) is 4.76. The fourth-order valence-corrected chi connectivity index (χ4v) is 3.53. The first-order chi connectivity index (χ1) is 9.34. The molecule has 3 heteroatoms. The summed E-state index contributed by atoms with van der Waals surface area (Å²) in [5.41, 5.74) is 2.69. The Bertz CT molecular complexity index is 452. The molecule has 0 aliphatic carbocycles. The lowest BCUT2D eigenvalue weighted by molar-refractivity contribution is 0.220. The van der Waals surface area contributed by atoms with E-state index in [1.807, 2.05) is 0 Å². The van der Waals surface area contributed by atoms with Gasteiger partial charge in [0.1, 0.15) is 4.99 Å². The van der Waals surface area contributed by atoms with Crippen molar-refractivity contribution in [3.63, 3.8) is 0 Å². The smallest absolute Gasteiger partial charge is 0.106 e. The minimum absolute atomic E-state index is 0.616. The molecule has 0 spiro atoms. The van der Waals surface area contributed by atoms with E-state index < -0.39 is 0 Å². The molecule has 1 saturated heterocycles. The number of likely N-dealkylation sites (tertiary alicyclic amines) is 1. The molecule has 1 fully saturated rings. The van der Waals surface area contributed by atoms with Crippen molar-refractivity contribution >= 4 is 17.2 Å². The van der Waals surface area contributed by atoms with E-state index in [0.717, 1.165) is 11.5 Å². The predicted molar refractivity (Wildman–Crippen MR) is 83.8 cm³/mol. The SMILES string of the molecule is S=C1NCC(CCN2CCCCC2)c2ccccc21. The van der Waals surface area contributed by atoms with Crippen LogP contribution in [0.15, 0.2) is 24.3 Å². The summed E-state index contributed by atoms with van der Waals surface area (Å²) in [6, 6.07) is 8.63. The van der Waals surface area contributed by atoms with Crippen molar-refractivity contribution in [2.45, 2.75) is 31.6 Å². The zero-order valence-corrected chi connectivity index (χ0v) is 12.2. The fraction of sp³-hybridized carbons (Fsp3) is 0.562. The summed E-state index contributed by atoms with van der Waals surface area (Å²) in [5, 5.41) is 3.39. The van der Waals surface area contributed by atoms with Gasteiger partial charge in [0.25, 0.3) is 0 Å². The molecule has 2 nitrogen and oxygen atoms in total. The van der Waals surface area contributed by atoms with Gasteiger partial charge in [-0.2, -0.15) is 0 Å². The molecule has 0 aromatic heterocycles. The highest BCUT2D eigenvalue weighted by Crippen LogP contribution is 2.27. The predicted octanol–water partition coefficient (Wildman–Crippen LogP) is 2.92. The second kappa shape index (κ2) is 6.02. The molecule has 0 radical (unpaired) electrons. The van der Waals surface area contributed by atoms with Crippen LogP contribution in [0.1, 0.15) is 42.7 Å². The number of rotatable bonds is 3. The van der Waals surface area contributed by atoms with Gasteiger partial charge in [0.15, 0.2) is 0 Å². The molecule has 2 aliphatic rings. The van der Waals surface area contributed by atoms with Crippen molar-refractivity contribution in [1.82, 2.24) is 10.2 Å². The first kappa shape index (κ1) is 13.1. The van der Waals surface area contributed by atoms with Crippen LogP contribution in [0, 0.1) is 0 Å². The number of piperidine rings is 1. The van der Waals surface area contributed by atoms with Crippen molar-refractivity contribution in [3.05, 3.63) is 35.4 Å². The van der Waals surface area contributed by atoms with Gasteiger partial charge in [-0.3, -0.25) is 0 Å². The van der Waals surface area contributed by atoms with E-state index in [2.05, 4.69) is 34.5 Å². The van der Waals surface area contributed by atoms with E-state index in [1.54, 1.807) is 0 Å². The minimum Gasteiger partial charge on any atom is -0.375 e. The van der Waals surface area contributed by atoms with Gasteiger partial charge in [-0.15, -0.1) is 0 Å². The van der Waals surface area contributed by atoms with Crippen LogP contribution >= 0.6 is 12.2 Å². The Morgan fingerprint density at radius 3 is 2.79 bits per heavy atom. The highest BCUT2D eigenvalue weighted by atomic mass is 32.1. The number of nitrogens with one attached hydrogen (secondary N) is 1. The van der Waals surface area contributed by atoms with Crippen LogP contribution in [-0.4, -0.2) is 36.1 Å². The molecular formula is C16H22N2S. The molecule has 0 saturated carbocycles. The molecule has 19 heavy (non-hydrogen) atoms. The van der Waals surface area contributed by atoms with Crippen molar-refractivity contribution in [3.8, 4) is 0 Å². The summed E-state index contributed by atoms with van der Waals surface area (Å²) in [4.78, 5) is 3.55. The van der Waals surface area contributed by atoms with Gasteiger partial charge in [-0.25, -0.2) is 0 Å².